The molecule has 0 bridgehead atoms. The van der Waals surface area contributed by atoms with Gasteiger partial charge in [0, 0.05) is 18.1 Å². The van der Waals surface area contributed by atoms with Crippen LogP contribution in [0, 0.1) is 5.82 Å². The average Bonchev–Trinajstić information content (AvgIpc) is 2.76. The number of carbonyl (C=O) groups is 1. The molecule has 1 aromatic heterocycles. The number of nitrogens with one attached hydrogen (secondary N) is 1. The van der Waals surface area contributed by atoms with Gasteiger partial charge in [-0.2, -0.15) is 5.10 Å². The quantitative estimate of drug-likeness (QED) is 0.497. The topological polar surface area (TPSA) is 73.2 Å². The third-order valence-electron chi connectivity index (χ3n) is 4.64. The molecule has 156 valence electrons. The van der Waals surface area contributed by atoms with E-state index < -0.39 is 5.91 Å². The molecule has 31 heavy (non-hydrogen) atoms. The molecule has 0 spiro atoms. The summed E-state index contributed by atoms with van der Waals surface area (Å²) in [5.74, 6) is -0.421. The first-order valence-electron chi connectivity index (χ1n) is 9.36. The van der Waals surface area contributed by atoms with Crippen molar-refractivity contribution in [3.05, 3.63) is 99.2 Å². The molecular weight excluding hydrogens is 421 g/mol. The van der Waals surface area contributed by atoms with Gasteiger partial charge in [-0.3, -0.25) is 9.59 Å². The summed E-state index contributed by atoms with van der Waals surface area (Å²) in [5.41, 5.74) is 0.948. The van der Waals surface area contributed by atoms with Gasteiger partial charge in [0.15, 0.2) is 5.69 Å². The van der Waals surface area contributed by atoms with E-state index in [9.17, 15) is 14.0 Å². The molecule has 8 heteroatoms. The maximum absolute atomic E-state index is 13.3. The average molecular weight is 438 g/mol. The Labute approximate surface area is 181 Å². The number of aryl methyl sites for hydroxylation is 1. The smallest absolute Gasteiger partial charge is 0.276 e. The molecule has 1 N–H and O–H groups in total. The number of hydrogen-bond acceptors (Lipinski definition) is 4. The highest BCUT2D eigenvalue weighted by Crippen LogP contribution is 2.29. The van der Waals surface area contributed by atoms with Crippen molar-refractivity contribution in [2.45, 2.75) is 6.61 Å². The first-order chi connectivity index (χ1) is 14.9. The number of amides is 1. The van der Waals surface area contributed by atoms with Gasteiger partial charge in [-0.25, -0.2) is 9.07 Å². The molecule has 0 unspecified atom stereocenters. The van der Waals surface area contributed by atoms with Crippen molar-refractivity contribution in [1.82, 2.24) is 9.78 Å². The van der Waals surface area contributed by atoms with Gasteiger partial charge in [0.25, 0.3) is 11.5 Å². The lowest BCUT2D eigenvalue weighted by molar-refractivity contribution is 0.102. The van der Waals surface area contributed by atoms with Gasteiger partial charge < -0.3 is 10.1 Å². The summed E-state index contributed by atoms with van der Waals surface area (Å²) >= 11 is 6.29. The van der Waals surface area contributed by atoms with E-state index in [1.807, 2.05) is 0 Å². The van der Waals surface area contributed by atoms with E-state index >= 15 is 0 Å². The molecule has 1 amide bonds. The Hall–Kier alpha value is -3.71. The molecule has 0 radical (unpaired) electrons. The maximum Gasteiger partial charge on any atom is 0.276 e. The zero-order valence-electron chi connectivity index (χ0n) is 16.4. The van der Waals surface area contributed by atoms with Gasteiger partial charge in [0.2, 0.25) is 0 Å². The minimum absolute atomic E-state index is 0.125. The van der Waals surface area contributed by atoms with Crippen LogP contribution in [0.25, 0.3) is 10.8 Å². The Morgan fingerprint density at radius 2 is 1.87 bits per heavy atom. The van der Waals surface area contributed by atoms with Crippen molar-refractivity contribution in [1.29, 1.82) is 0 Å². The van der Waals surface area contributed by atoms with Crippen LogP contribution in [0.4, 0.5) is 10.1 Å². The van der Waals surface area contributed by atoms with Gasteiger partial charge in [0.05, 0.1) is 10.4 Å². The third kappa shape index (κ3) is 4.41. The fraction of sp³-hybridized carbons (Fsp3) is 0.0870. The van der Waals surface area contributed by atoms with Crippen molar-refractivity contribution >= 4 is 34.0 Å². The van der Waals surface area contributed by atoms with E-state index in [4.69, 9.17) is 16.3 Å². The van der Waals surface area contributed by atoms with Gasteiger partial charge in [0.1, 0.15) is 18.2 Å². The molecular formula is C23H17ClFN3O3. The highest BCUT2D eigenvalue weighted by Gasteiger charge is 2.16. The number of halogens is 2. The second kappa shape index (κ2) is 8.57. The maximum atomic E-state index is 13.3. The van der Waals surface area contributed by atoms with Crippen LogP contribution in [0.5, 0.6) is 5.75 Å². The summed E-state index contributed by atoms with van der Waals surface area (Å²) in [6, 6.07) is 17.7. The predicted octanol–water partition coefficient (Wildman–Crippen LogP) is 4.56. The SMILES string of the molecule is Cn1nc(C(=O)Nc2ccc(OCc3cccc(F)c3)c(Cl)c2)c2ccccc2c1=O. The lowest BCUT2D eigenvalue weighted by Crippen LogP contribution is -2.25. The summed E-state index contributed by atoms with van der Waals surface area (Å²) in [6.07, 6.45) is 0. The van der Waals surface area contributed by atoms with Gasteiger partial charge in [-0.05, 0) is 42.0 Å². The standard InChI is InChI=1S/C23H17ClFN3O3/c1-28-23(30)18-8-3-2-7-17(18)21(27-28)22(29)26-16-9-10-20(19(24)12-16)31-13-14-5-4-6-15(25)11-14/h2-12H,13H2,1H3,(H,26,29). The third-order valence-corrected chi connectivity index (χ3v) is 4.94. The number of benzene rings is 3. The van der Waals surface area contributed by atoms with E-state index in [0.717, 1.165) is 4.68 Å². The fourth-order valence-corrected chi connectivity index (χ4v) is 3.38. The molecule has 0 atom stereocenters. The largest absolute Gasteiger partial charge is 0.487 e. The van der Waals surface area contributed by atoms with Gasteiger partial charge in [-0.15, -0.1) is 0 Å². The molecule has 6 nitrogen and oxygen atoms in total. The van der Waals surface area contributed by atoms with Crippen LogP contribution in [0.2, 0.25) is 5.02 Å². The normalized spacial score (nSPS) is 10.8. The van der Waals surface area contributed by atoms with Crippen LogP contribution in [-0.2, 0) is 13.7 Å². The van der Waals surface area contributed by atoms with Crippen molar-refractivity contribution in [3.8, 4) is 5.75 Å². The Morgan fingerprint density at radius 3 is 2.61 bits per heavy atom. The molecule has 0 fully saturated rings. The van der Waals surface area contributed by atoms with E-state index in [1.54, 1.807) is 54.6 Å². The number of aromatic nitrogens is 2. The molecule has 0 aliphatic rings. The molecule has 4 rings (SSSR count). The Kier molecular flexibility index (Phi) is 5.68. The Balaban J connectivity index is 1.53. The van der Waals surface area contributed by atoms with E-state index in [0.29, 0.717) is 27.8 Å². The van der Waals surface area contributed by atoms with Gasteiger partial charge >= 0.3 is 0 Å². The van der Waals surface area contributed by atoms with Crippen LogP contribution in [0.1, 0.15) is 16.1 Å². The van der Waals surface area contributed by atoms with E-state index in [2.05, 4.69) is 10.4 Å². The Morgan fingerprint density at radius 1 is 1.10 bits per heavy atom. The second-order valence-corrected chi connectivity index (χ2v) is 7.25. The number of rotatable bonds is 5. The minimum Gasteiger partial charge on any atom is -0.487 e. The van der Waals surface area contributed by atoms with Crippen LogP contribution >= 0.6 is 11.6 Å². The highest BCUT2D eigenvalue weighted by atomic mass is 35.5. The summed E-state index contributed by atoms with van der Waals surface area (Å²) in [7, 11) is 1.49. The summed E-state index contributed by atoms with van der Waals surface area (Å²) in [5, 5.41) is 8.00. The zero-order valence-corrected chi connectivity index (χ0v) is 17.2. The van der Waals surface area contributed by atoms with Gasteiger partial charge in [-0.1, -0.05) is 41.9 Å². The van der Waals surface area contributed by atoms with E-state index in [-0.39, 0.29) is 28.7 Å². The highest BCUT2D eigenvalue weighted by molar-refractivity contribution is 6.32. The summed E-state index contributed by atoms with van der Waals surface area (Å²) < 4.78 is 20.1. The summed E-state index contributed by atoms with van der Waals surface area (Å²) in [6.45, 7) is 0.150. The van der Waals surface area contributed by atoms with Crippen molar-refractivity contribution < 1.29 is 13.9 Å². The molecule has 3 aromatic carbocycles. The molecule has 1 heterocycles. The second-order valence-electron chi connectivity index (χ2n) is 6.84. The van der Waals surface area contributed by atoms with E-state index in [1.165, 1.54) is 19.2 Å². The Bertz CT molecular complexity index is 1350. The van der Waals surface area contributed by atoms with Crippen LogP contribution in [0.15, 0.2) is 71.5 Å². The molecule has 0 aliphatic heterocycles. The monoisotopic (exact) mass is 437 g/mol. The zero-order chi connectivity index (χ0) is 22.0. The lowest BCUT2D eigenvalue weighted by atomic mass is 10.1. The number of anilines is 1. The number of hydrogen-bond donors (Lipinski definition) is 1. The van der Waals surface area contributed by atoms with Crippen molar-refractivity contribution in [3.63, 3.8) is 0 Å². The molecule has 0 saturated heterocycles. The first-order valence-corrected chi connectivity index (χ1v) is 9.74. The number of ether oxygens (including phenoxy) is 1. The number of fused-ring (bicyclic) bond motifs is 1. The van der Waals surface area contributed by atoms with Crippen LogP contribution in [-0.4, -0.2) is 15.7 Å². The first kappa shape index (κ1) is 20.6. The van der Waals surface area contributed by atoms with Crippen molar-refractivity contribution in [2.75, 3.05) is 5.32 Å². The van der Waals surface area contributed by atoms with Crippen molar-refractivity contribution in [2.24, 2.45) is 7.05 Å². The van der Waals surface area contributed by atoms with Crippen LogP contribution in [0.3, 0.4) is 0 Å². The molecule has 0 aliphatic carbocycles. The number of nitrogens with zero attached hydrogens (tertiary/aromatic N) is 2. The number of carbonyl (C=O) groups excluding carboxylic acids is 1. The minimum atomic E-state index is -0.476. The fourth-order valence-electron chi connectivity index (χ4n) is 3.14. The summed E-state index contributed by atoms with van der Waals surface area (Å²) in [4.78, 5) is 25.1. The molecule has 4 aromatic rings. The molecule has 0 saturated carbocycles. The lowest BCUT2D eigenvalue weighted by Gasteiger charge is -2.12. The predicted molar refractivity (Wildman–Crippen MR) is 117 cm³/mol. The van der Waals surface area contributed by atoms with Crippen LogP contribution < -0.4 is 15.6 Å².